The maximum absolute atomic E-state index is 12.4. The fraction of sp³-hybridized carbons (Fsp3) is 0.263. The number of rotatable bonds is 2. The SMILES string of the molecule is Cc1ccc(Cl)cc1NC(=O)C(=O)N1CCN(c2ccccc2)CC1. The van der Waals surface area contributed by atoms with Gasteiger partial charge in [0, 0.05) is 42.6 Å². The van der Waals surface area contributed by atoms with Crippen molar-refractivity contribution in [1.82, 2.24) is 4.90 Å². The molecule has 0 saturated carbocycles. The van der Waals surface area contributed by atoms with Gasteiger partial charge >= 0.3 is 11.8 Å². The molecular formula is C19H20ClN3O2. The van der Waals surface area contributed by atoms with Gasteiger partial charge in [0.1, 0.15) is 0 Å². The van der Waals surface area contributed by atoms with Crippen LogP contribution >= 0.6 is 11.6 Å². The first-order chi connectivity index (χ1) is 12.0. The van der Waals surface area contributed by atoms with Crippen LogP contribution in [-0.2, 0) is 9.59 Å². The first-order valence-electron chi connectivity index (χ1n) is 8.21. The Labute approximate surface area is 152 Å². The molecule has 2 amide bonds. The van der Waals surface area contributed by atoms with Gasteiger partial charge in [-0.25, -0.2) is 0 Å². The number of benzene rings is 2. The summed E-state index contributed by atoms with van der Waals surface area (Å²) in [7, 11) is 0. The monoisotopic (exact) mass is 357 g/mol. The van der Waals surface area contributed by atoms with E-state index in [1.54, 1.807) is 23.1 Å². The Bertz CT molecular complexity index is 771. The molecule has 3 rings (SSSR count). The number of nitrogens with one attached hydrogen (secondary N) is 1. The summed E-state index contributed by atoms with van der Waals surface area (Å²) in [6.07, 6.45) is 0. The molecule has 1 aliphatic rings. The number of carbonyl (C=O) groups excluding carboxylic acids is 2. The van der Waals surface area contributed by atoms with Gasteiger partial charge in [0.25, 0.3) is 0 Å². The van der Waals surface area contributed by atoms with Crippen LogP contribution in [0.3, 0.4) is 0 Å². The Morgan fingerprint density at radius 3 is 2.36 bits per heavy atom. The molecule has 5 nitrogen and oxygen atoms in total. The molecule has 0 aliphatic carbocycles. The van der Waals surface area contributed by atoms with Crippen molar-refractivity contribution in [1.29, 1.82) is 0 Å². The van der Waals surface area contributed by atoms with Gasteiger partial charge in [-0.2, -0.15) is 0 Å². The Kier molecular flexibility index (Phi) is 5.24. The molecule has 0 aromatic heterocycles. The van der Waals surface area contributed by atoms with E-state index < -0.39 is 11.8 Å². The molecule has 6 heteroatoms. The Morgan fingerprint density at radius 2 is 1.68 bits per heavy atom. The Hall–Kier alpha value is -2.53. The summed E-state index contributed by atoms with van der Waals surface area (Å²) in [6, 6.07) is 15.3. The zero-order valence-electron chi connectivity index (χ0n) is 14.0. The first-order valence-corrected chi connectivity index (χ1v) is 8.59. The number of anilines is 2. The molecule has 1 fully saturated rings. The molecular weight excluding hydrogens is 338 g/mol. The number of halogens is 1. The largest absolute Gasteiger partial charge is 0.368 e. The highest BCUT2D eigenvalue weighted by molar-refractivity contribution is 6.40. The molecule has 0 unspecified atom stereocenters. The second-order valence-corrected chi connectivity index (χ2v) is 6.46. The summed E-state index contributed by atoms with van der Waals surface area (Å²) < 4.78 is 0. The maximum Gasteiger partial charge on any atom is 0.313 e. The summed E-state index contributed by atoms with van der Waals surface area (Å²) in [4.78, 5) is 28.5. The van der Waals surface area contributed by atoms with E-state index in [0.29, 0.717) is 36.9 Å². The third-order valence-electron chi connectivity index (χ3n) is 4.33. The molecule has 1 aliphatic heterocycles. The summed E-state index contributed by atoms with van der Waals surface area (Å²) in [6.45, 7) is 4.32. The van der Waals surface area contributed by atoms with Crippen molar-refractivity contribution in [3.63, 3.8) is 0 Å². The van der Waals surface area contributed by atoms with E-state index in [4.69, 9.17) is 11.6 Å². The molecule has 1 heterocycles. The van der Waals surface area contributed by atoms with E-state index >= 15 is 0 Å². The van der Waals surface area contributed by atoms with Crippen LogP contribution in [0.5, 0.6) is 0 Å². The van der Waals surface area contributed by atoms with Gasteiger partial charge in [-0.3, -0.25) is 9.59 Å². The minimum Gasteiger partial charge on any atom is -0.368 e. The second-order valence-electron chi connectivity index (χ2n) is 6.03. The average molecular weight is 358 g/mol. The van der Waals surface area contributed by atoms with Crippen LogP contribution in [0.1, 0.15) is 5.56 Å². The third kappa shape index (κ3) is 4.12. The van der Waals surface area contributed by atoms with E-state index in [2.05, 4.69) is 10.2 Å². The quantitative estimate of drug-likeness (QED) is 0.841. The predicted octanol–water partition coefficient (Wildman–Crippen LogP) is 2.94. The molecule has 25 heavy (non-hydrogen) atoms. The lowest BCUT2D eigenvalue weighted by molar-refractivity contribution is -0.143. The molecule has 2 aromatic rings. The van der Waals surface area contributed by atoms with E-state index in [9.17, 15) is 9.59 Å². The summed E-state index contributed by atoms with van der Waals surface area (Å²) in [5, 5.41) is 3.18. The van der Waals surface area contributed by atoms with Gasteiger partial charge in [0.05, 0.1) is 0 Å². The van der Waals surface area contributed by atoms with Crippen molar-refractivity contribution < 1.29 is 9.59 Å². The number of hydrogen-bond acceptors (Lipinski definition) is 3. The number of hydrogen-bond donors (Lipinski definition) is 1. The normalized spacial score (nSPS) is 14.3. The highest BCUT2D eigenvalue weighted by atomic mass is 35.5. The number of carbonyl (C=O) groups is 2. The summed E-state index contributed by atoms with van der Waals surface area (Å²) in [5.41, 5.74) is 2.56. The van der Waals surface area contributed by atoms with Gasteiger partial charge in [-0.05, 0) is 36.8 Å². The topological polar surface area (TPSA) is 52.7 Å². The van der Waals surface area contributed by atoms with Gasteiger partial charge < -0.3 is 15.1 Å². The van der Waals surface area contributed by atoms with Crippen LogP contribution in [0.25, 0.3) is 0 Å². The van der Waals surface area contributed by atoms with Gasteiger partial charge in [0.15, 0.2) is 0 Å². The molecule has 130 valence electrons. The van der Waals surface area contributed by atoms with Crippen molar-refractivity contribution in [2.75, 3.05) is 36.4 Å². The van der Waals surface area contributed by atoms with Crippen LogP contribution in [0, 0.1) is 6.92 Å². The number of para-hydroxylation sites is 1. The maximum atomic E-state index is 12.4. The molecule has 2 aromatic carbocycles. The minimum atomic E-state index is -0.626. The smallest absolute Gasteiger partial charge is 0.313 e. The van der Waals surface area contributed by atoms with Gasteiger partial charge in [-0.1, -0.05) is 35.9 Å². The first kappa shape index (κ1) is 17.3. The van der Waals surface area contributed by atoms with Crippen LogP contribution in [-0.4, -0.2) is 42.9 Å². The van der Waals surface area contributed by atoms with Crippen LogP contribution < -0.4 is 10.2 Å². The lowest BCUT2D eigenvalue weighted by Gasteiger charge is -2.35. The van der Waals surface area contributed by atoms with Crippen LogP contribution in [0.2, 0.25) is 5.02 Å². The fourth-order valence-electron chi connectivity index (χ4n) is 2.85. The van der Waals surface area contributed by atoms with Crippen molar-refractivity contribution in [2.24, 2.45) is 0 Å². The lowest BCUT2D eigenvalue weighted by atomic mass is 10.2. The van der Waals surface area contributed by atoms with E-state index in [1.807, 2.05) is 37.3 Å². The van der Waals surface area contributed by atoms with Crippen molar-refractivity contribution in [2.45, 2.75) is 6.92 Å². The van der Waals surface area contributed by atoms with E-state index in [1.165, 1.54) is 0 Å². The molecule has 0 radical (unpaired) electrons. The highest BCUT2D eigenvalue weighted by Gasteiger charge is 2.26. The summed E-state index contributed by atoms with van der Waals surface area (Å²) >= 11 is 5.95. The van der Waals surface area contributed by atoms with E-state index in [0.717, 1.165) is 11.3 Å². The second kappa shape index (κ2) is 7.57. The average Bonchev–Trinajstić information content (AvgIpc) is 2.65. The van der Waals surface area contributed by atoms with Crippen molar-refractivity contribution in [3.05, 3.63) is 59.1 Å². The zero-order chi connectivity index (χ0) is 17.8. The highest BCUT2D eigenvalue weighted by Crippen LogP contribution is 2.20. The van der Waals surface area contributed by atoms with E-state index in [-0.39, 0.29) is 0 Å². The van der Waals surface area contributed by atoms with Crippen molar-refractivity contribution >= 4 is 34.8 Å². The molecule has 1 saturated heterocycles. The minimum absolute atomic E-state index is 0.507. The molecule has 0 spiro atoms. The number of piperazine rings is 1. The zero-order valence-corrected chi connectivity index (χ0v) is 14.8. The molecule has 0 bridgehead atoms. The third-order valence-corrected chi connectivity index (χ3v) is 4.57. The van der Waals surface area contributed by atoms with Gasteiger partial charge in [-0.15, -0.1) is 0 Å². The molecule has 1 N–H and O–H groups in total. The number of nitrogens with zero attached hydrogens (tertiary/aromatic N) is 2. The molecule has 0 atom stereocenters. The van der Waals surface area contributed by atoms with Crippen molar-refractivity contribution in [3.8, 4) is 0 Å². The lowest BCUT2D eigenvalue weighted by Crippen LogP contribution is -2.51. The number of aryl methyl sites for hydroxylation is 1. The predicted molar refractivity (Wildman–Crippen MR) is 100 cm³/mol. The van der Waals surface area contributed by atoms with Gasteiger partial charge in [0.2, 0.25) is 0 Å². The van der Waals surface area contributed by atoms with Crippen LogP contribution in [0.4, 0.5) is 11.4 Å². The number of amides is 2. The summed E-state index contributed by atoms with van der Waals surface area (Å²) in [5.74, 6) is -1.13. The van der Waals surface area contributed by atoms with Crippen LogP contribution in [0.15, 0.2) is 48.5 Å². The Balaban J connectivity index is 1.58. The Morgan fingerprint density at radius 1 is 1.00 bits per heavy atom. The standard InChI is InChI=1S/C19H20ClN3O2/c1-14-7-8-15(20)13-17(14)21-18(24)19(25)23-11-9-22(10-12-23)16-5-3-2-4-6-16/h2-8,13H,9-12H2,1H3,(H,21,24). The fourth-order valence-corrected chi connectivity index (χ4v) is 3.03.